The summed E-state index contributed by atoms with van der Waals surface area (Å²) in [7, 11) is 0. The Bertz CT molecular complexity index is 1110. The van der Waals surface area contributed by atoms with E-state index in [0.29, 0.717) is 0 Å². The number of hydrogen-bond acceptors (Lipinski definition) is 6. The predicted octanol–water partition coefficient (Wildman–Crippen LogP) is 4.27. The summed E-state index contributed by atoms with van der Waals surface area (Å²) in [6, 6.07) is 17.6. The van der Waals surface area contributed by atoms with Crippen LogP contribution in [0, 0.1) is 0 Å². The average Bonchev–Trinajstić information content (AvgIpc) is 3.18. The molecule has 0 aliphatic rings. The first kappa shape index (κ1) is 18.5. The molecule has 4 rings (SSSR count). The number of carbonyl (C=O) groups is 1. The van der Waals surface area contributed by atoms with Crippen molar-refractivity contribution in [3.8, 4) is 5.69 Å². The van der Waals surface area contributed by atoms with Gasteiger partial charge in [-0.15, -0.1) is 11.8 Å². The summed E-state index contributed by atoms with van der Waals surface area (Å²) in [5, 5.41) is 8.97. The number of benzene rings is 2. The minimum absolute atomic E-state index is 0.0753. The molecular formula is C20H17N5OS2. The zero-order valence-electron chi connectivity index (χ0n) is 15.1. The summed E-state index contributed by atoms with van der Waals surface area (Å²) in [4.78, 5) is 22.2. The van der Waals surface area contributed by atoms with E-state index in [1.54, 1.807) is 22.6 Å². The number of aromatic nitrogens is 4. The van der Waals surface area contributed by atoms with Crippen LogP contribution in [0.5, 0.6) is 0 Å². The van der Waals surface area contributed by atoms with E-state index in [9.17, 15) is 4.79 Å². The molecule has 0 radical (unpaired) electrons. The van der Waals surface area contributed by atoms with Crippen LogP contribution in [0.25, 0.3) is 16.7 Å². The molecule has 0 saturated carbocycles. The van der Waals surface area contributed by atoms with Crippen LogP contribution in [0.1, 0.15) is 0 Å². The summed E-state index contributed by atoms with van der Waals surface area (Å²) in [6.45, 7) is 0. The van der Waals surface area contributed by atoms with E-state index >= 15 is 0 Å². The van der Waals surface area contributed by atoms with Gasteiger partial charge in [0.1, 0.15) is 11.4 Å². The van der Waals surface area contributed by atoms with Crippen molar-refractivity contribution in [3.05, 3.63) is 67.1 Å². The summed E-state index contributed by atoms with van der Waals surface area (Å²) in [6.07, 6.45) is 5.24. The Labute approximate surface area is 170 Å². The Balaban J connectivity index is 1.51. The van der Waals surface area contributed by atoms with Gasteiger partial charge < -0.3 is 5.32 Å². The first-order chi connectivity index (χ1) is 13.8. The summed E-state index contributed by atoms with van der Waals surface area (Å²) >= 11 is 2.98. The number of nitrogens with zero attached hydrogens (tertiary/aromatic N) is 4. The number of amides is 1. The zero-order chi connectivity index (χ0) is 19.3. The van der Waals surface area contributed by atoms with E-state index in [4.69, 9.17) is 0 Å². The van der Waals surface area contributed by atoms with Crippen molar-refractivity contribution in [2.45, 2.75) is 9.92 Å². The second-order valence-electron chi connectivity index (χ2n) is 5.85. The maximum atomic E-state index is 12.4. The SMILES string of the molecule is CSc1ccccc1NC(=O)CSc1ncnc2c1cnn2-c1ccccc1. The molecule has 0 saturated heterocycles. The third-order valence-electron chi connectivity index (χ3n) is 4.05. The molecule has 2 aromatic carbocycles. The van der Waals surface area contributed by atoms with Crippen molar-refractivity contribution < 1.29 is 4.79 Å². The smallest absolute Gasteiger partial charge is 0.234 e. The molecule has 4 aromatic rings. The fourth-order valence-electron chi connectivity index (χ4n) is 2.76. The highest BCUT2D eigenvalue weighted by molar-refractivity contribution is 8.00. The second kappa shape index (κ2) is 8.45. The Morgan fingerprint density at radius 1 is 1.07 bits per heavy atom. The van der Waals surface area contributed by atoms with Crippen LogP contribution in [-0.4, -0.2) is 37.7 Å². The average molecular weight is 408 g/mol. The van der Waals surface area contributed by atoms with Gasteiger partial charge in [-0.1, -0.05) is 42.1 Å². The number of nitrogens with one attached hydrogen (secondary N) is 1. The lowest BCUT2D eigenvalue weighted by Gasteiger charge is -2.09. The van der Waals surface area contributed by atoms with Gasteiger partial charge in [0.15, 0.2) is 5.65 Å². The second-order valence-corrected chi connectivity index (χ2v) is 7.66. The van der Waals surface area contributed by atoms with Crippen LogP contribution < -0.4 is 5.32 Å². The van der Waals surface area contributed by atoms with Gasteiger partial charge >= 0.3 is 0 Å². The molecule has 8 heteroatoms. The Kier molecular flexibility index (Phi) is 5.59. The fourth-order valence-corrected chi connectivity index (χ4v) is 4.08. The van der Waals surface area contributed by atoms with Crippen LogP contribution in [0.15, 0.2) is 77.0 Å². The monoisotopic (exact) mass is 407 g/mol. The van der Waals surface area contributed by atoms with E-state index in [0.717, 1.165) is 32.3 Å². The molecule has 0 atom stereocenters. The minimum Gasteiger partial charge on any atom is -0.324 e. The lowest BCUT2D eigenvalue weighted by atomic mass is 10.3. The highest BCUT2D eigenvalue weighted by atomic mass is 32.2. The van der Waals surface area contributed by atoms with Gasteiger partial charge in [-0.25, -0.2) is 14.6 Å². The Morgan fingerprint density at radius 3 is 2.68 bits per heavy atom. The van der Waals surface area contributed by atoms with Gasteiger partial charge in [0.25, 0.3) is 0 Å². The van der Waals surface area contributed by atoms with Crippen molar-refractivity contribution in [2.24, 2.45) is 0 Å². The molecule has 0 unspecified atom stereocenters. The molecule has 140 valence electrons. The number of rotatable bonds is 6. The minimum atomic E-state index is -0.0753. The fraction of sp³-hybridized carbons (Fsp3) is 0.100. The molecule has 2 aromatic heterocycles. The number of fused-ring (bicyclic) bond motifs is 1. The topological polar surface area (TPSA) is 72.7 Å². The Morgan fingerprint density at radius 2 is 1.86 bits per heavy atom. The Hall–Kier alpha value is -2.84. The van der Waals surface area contributed by atoms with Crippen molar-refractivity contribution in [1.82, 2.24) is 19.7 Å². The first-order valence-corrected chi connectivity index (χ1v) is 10.8. The van der Waals surface area contributed by atoms with E-state index in [2.05, 4.69) is 20.4 Å². The highest BCUT2D eigenvalue weighted by Crippen LogP contribution is 2.27. The van der Waals surface area contributed by atoms with Crippen molar-refractivity contribution in [1.29, 1.82) is 0 Å². The van der Waals surface area contributed by atoms with E-state index in [1.807, 2.05) is 60.9 Å². The number of thioether (sulfide) groups is 2. The predicted molar refractivity (Wildman–Crippen MR) is 114 cm³/mol. The maximum absolute atomic E-state index is 12.4. The summed E-state index contributed by atoms with van der Waals surface area (Å²) < 4.78 is 1.77. The van der Waals surface area contributed by atoms with Gasteiger partial charge in [0, 0.05) is 4.90 Å². The molecule has 1 N–H and O–H groups in total. The van der Waals surface area contributed by atoms with Crippen LogP contribution in [0.3, 0.4) is 0 Å². The molecule has 0 spiro atoms. The van der Waals surface area contributed by atoms with Crippen molar-refractivity contribution in [3.63, 3.8) is 0 Å². The van der Waals surface area contributed by atoms with Crippen LogP contribution >= 0.6 is 23.5 Å². The number of para-hydroxylation sites is 2. The third kappa shape index (κ3) is 3.88. The van der Waals surface area contributed by atoms with E-state index < -0.39 is 0 Å². The standard InChI is InChI=1S/C20H17N5OS2/c1-27-17-10-6-5-9-16(17)24-18(26)12-28-20-15-11-23-25(19(15)21-13-22-20)14-7-3-2-4-8-14/h2-11,13H,12H2,1H3,(H,24,26). The van der Waals surface area contributed by atoms with Gasteiger partial charge in [0.05, 0.1) is 28.7 Å². The lowest BCUT2D eigenvalue weighted by molar-refractivity contribution is -0.113. The van der Waals surface area contributed by atoms with E-state index in [1.165, 1.54) is 18.1 Å². The quantitative estimate of drug-likeness (QED) is 0.380. The molecule has 1 amide bonds. The summed E-state index contributed by atoms with van der Waals surface area (Å²) in [5.41, 5.74) is 2.47. The third-order valence-corrected chi connectivity index (χ3v) is 5.85. The first-order valence-electron chi connectivity index (χ1n) is 8.56. The molecule has 28 heavy (non-hydrogen) atoms. The lowest BCUT2D eigenvalue weighted by Crippen LogP contribution is -2.14. The molecule has 0 fully saturated rings. The van der Waals surface area contributed by atoms with E-state index in [-0.39, 0.29) is 11.7 Å². The van der Waals surface area contributed by atoms with Gasteiger partial charge in [-0.2, -0.15) is 5.10 Å². The number of carbonyl (C=O) groups excluding carboxylic acids is 1. The van der Waals surface area contributed by atoms with Crippen molar-refractivity contribution in [2.75, 3.05) is 17.3 Å². The van der Waals surface area contributed by atoms with Gasteiger partial charge in [0.2, 0.25) is 5.91 Å². The van der Waals surface area contributed by atoms with Crippen LogP contribution in [0.4, 0.5) is 5.69 Å². The maximum Gasteiger partial charge on any atom is 0.234 e. The highest BCUT2D eigenvalue weighted by Gasteiger charge is 2.13. The molecular weight excluding hydrogens is 390 g/mol. The molecule has 0 aliphatic heterocycles. The normalized spacial score (nSPS) is 10.9. The molecule has 2 heterocycles. The largest absolute Gasteiger partial charge is 0.324 e. The van der Waals surface area contributed by atoms with Crippen molar-refractivity contribution >= 4 is 46.2 Å². The number of hydrogen-bond donors (Lipinski definition) is 1. The van der Waals surface area contributed by atoms with Crippen LogP contribution in [-0.2, 0) is 4.79 Å². The zero-order valence-corrected chi connectivity index (χ0v) is 16.7. The molecule has 0 aliphatic carbocycles. The van der Waals surface area contributed by atoms with Crippen LogP contribution in [0.2, 0.25) is 0 Å². The van der Waals surface area contributed by atoms with Gasteiger partial charge in [-0.05, 0) is 30.5 Å². The summed E-state index contributed by atoms with van der Waals surface area (Å²) in [5.74, 6) is 0.180. The number of anilines is 1. The molecule has 0 bridgehead atoms. The molecule has 6 nitrogen and oxygen atoms in total. The van der Waals surface area contributed by atoms with Gasteiger partial charge in [-0.3, -0.25) is 4.79 Å².